The Hall–Kier alpha value is -1.51. The lowest BCUT2D eigenvalue weighted by atomic mass is 9.81. The summed E-state index contributed by atoms with van der Waals surface area (Å²) in [6.07, 6.45) is 1.71. The summed E-state index contributed by atoms with van der Waals surface area (Å²) in [7, 11) is 0. The quantitative estimate of drug-likeness (QED) is 0.822. The second-order valence-corrected chi connectivity index (χ2v) is 4.84. The van der Waals surface area contributed by atoms with Crippen LogP contribution in [0.5, 0.6) is 0 Å². The number of anilines is 2. The molecule has 0 atom stereocenters. The van der Waals surface area contributed by atoms with E-state index in [9.17, 15) is 4.79 Å². The van der Waals surface area contributed by atoms with E-state index in [-0.39, 0.29) is 11.3 Å². The van der Waals surface area contributed by atoms with Crippen molar-refractivity contribution in [1.82, 2.24) is 0 Å². The first-order chi connectivity index (χ1) is 8.11. The lowest BCUT2D eigenvalue weighted by Crippen LogP contribution is -2.39. The predicted octanol–water partition coefficient (Wildman–Crippen LogP) is 3.17. The van der Waals surface area contributed by atoms with Crippen LogP contribution < -0.4 is 10.6 Å². The van der Waals surface area contributed by atoms with Gasteiger partial charge in [0.15, 0.2) is 0 Å². The van der Waals surface area contributed by atoms with E-state index in [1.54, 1.807) is 0 Å². The number of hydrogen-bond donors (Lipinski definition) is 2. The molecule has 0 aliphatic carbocycles. The Morgan fingerprint density at radius 3 is 2.59 bits per heavy atom. The Labute approximate surface area is 103 Å². The fraction of sp³-hybridized carbons (Fsp3) is 0.500. The van der Waals surface area contributed by atoms with Gasteiger partial charge in [0.2, 0.25) is 5.91 Å². The van der Waals surface area contributed by atoms with Crippen molar-refractivity contribution in [2.24, 2.45) is 5.41 Å². The SMILES string of the molecule is CCC1(CC)CNc2cc(C)ccc2NC1=O. The maximum atomic E-state index is 12.3. The van der Waals surface area contributed by atoms with Crippen LogP contribution in [0.1, 0.15) is 32.3 Å². The van der Waals surface area contributed by atoms with Crippen LogP contribution >= 0.6 is 0 Å². The number of fused-ring (bicyclic) bond motifs is 1. The second-order valence-electron chi connectivity index (χ2n) is 4.84. The van der Waals surface area contributed by atoms with Gasteiger partial charge in [-0.05, 0) is 37.5 Å². The molecule has 0 spiro atoms. The van der Waals surface area contributed by atoms with Gasteiger partial charge in [-0.3, -0.25) is 4.79 Å². The zero-order valence-corrected chi connectivity index (χ0v) is 10.8. The first kappa shape index (κ1) is 12.0. The molecule has 17 heavy (non-hydrogen) atoms. The summed E-state index contributed by atoms with van der Waals surface area (Å²) >= 11 is 0. The van der Waals surface area contributed by atoms with Crippen LogP contribution in [0.2, 0.25) is 0 Å². The van der Waals surface area contributed by atoms with Gasteiger partial charge in [0, 0.05) is 6.54 Å². The number of amides is 1. The van der Waals surface area contributed by atoms with Crippen molar-refractivity contribution >= 4 is 17.3 Å². The normalized spacial score (nSPS) is 17.7. The number of nitrogens with one attached hydrogen (secondary N) is 2. The smallest absolute Gasteiger partial charge is 0.232 e. The van der Waals surface area contributed by atoms with Gasteiger partial charge in [-0.2, -0.15) is 0 Å². The van der Waals surface area contributed by atoms with Crippen LogP contribution in [-0.2, 0) is 4.79 Å². The number of aryl methyl sites for hydroxylation is 1. The first-order valence-electron chi connectivity index (χ1n) is 6.27. The van der Waals surface area contributed by atoms with E-state index >= 15 is 0 Å². The van der Waals surface area contributed by atoms with Gasteiger partial charge >= 0.3 is 0 Å². The van der Waals surface area contributed by atoms with Crippen LogP contribution in [0.4, 0.5) is 11.4 Å². The maximum Gasteiger partial charge on any atom is 0.232 e. The number of rotatable bonds is 2. The molecule has 1 aliphatic heterocycles. The van der Waals surface area contributed by atoms with E-state index in [4.69, 9.17) is 0 Å². The van der Waals surface area contributed by atoms with Gasteiger partial charge in [0.25, 0.3) is 0 Å². The molecule has 3 nitrogen and oxygen atoms in total. The van der Waals surface area contributed by atoms with Gasteiger partial charge in [-0.1, -0.05) is 19.9 Å². The average molecular weight is 232 g/mol. The largest absolute Gasteiger partial charge is 0.382 e. The van der Waals surface area contributed by atoms with E-state index in [1.165, 1.54) is 5.56 Å². The molecule has 2 N–H and O–H groups in total. The van der Waals surface area contributed by atoms with Crippen LogP contribution in [0.3, 0.4) is 0 Å². The molecule has 1 aromatic rings. The highest BCUT2D eigenvalue weighted by Crippen LogP contribution is 2.35. The summed E-state index contributed by atoms with van der Waals surface area (Å²) in [6, 6.07) is 6.07. The third-order valence-electron chi connectivity index (χ3n) is 3.88. The molecule has 0 saturated carbocycles. The van der Waals surface area contributed by atoms with E-state index in [1.807, 2.05) is 12.1 Å². The van der Waals surface area contributed by atoms with Crippen molar-refractivity contribution in [3.8, 4) is 0 Å². The molecule has 1 aromatic carbocycles. The monoisotopic (exact) mass is 232 g/mol. The van der Waals surface area contributed by atoms with Gasteiger partial charge < -0.3 is 10.6 Å². The van der Waals surface area contributed by atoms with E-state index < -0.39 is 0 Å². The molecule has 2 rings (SSSR count). The fourth-order valence-electron chi connectivity index (χ4n) is 2.33. The molecule has 0 aromatic heterocycles. The molecular formula is C14H20N2O. The van der Waals surface area contributed by atoms with E-state index in [0.717, 1.165) is 24.2 Å². The first-order valence-corrected chi connectivity index (χ1v) is 6.27. The predicted molar refractivity (Wildman–Crippen MR) is 71.3 cm³/mol. The highest BCUT2D eigenvalue weighted by molar-refractivity contribution is 5.99. The summed E-state index contributed by atoms with van der Waals surface area (Å²) in [6.45, 7) is 6.92. The lowest BCUT2D eigenvalue weighted by Gasteiger charge is -2.27. The Bertz CT molecular complexity index is 436. The molecule has 92 valence electrons. The molecule has 0 radical (unpaired) electrons. The van der Waals surface area contributed by atoms with Crippen molar-refractivity contribution in [3.63, 3.8) is 0 Å². The van der Waals surface area contributed by atoms with Crippen molar-refractivity contribution in [3.05, 3.63) is 23.8 Å². The van der Waals surface area contributed by atoms with Crippen molar-refractivity contribution in [1.29, 1.82) is 0 Å². The number of benzene rings is 1. The summed E-state index contributed by atoms with van der Waals surface area (Å²) in [5.74, 6) is 0.137. The molecule has 3 heteroatoms. The molecule has 1 aliphatic rings. The zero-order chi connectivity index (χ0) is 12.5. The van der Waals surface area contributed by atoms with Crippen LogP contribution in [-0.4, -0.2) is 12.5 Å². The van der Waals surface area contributed by atoms with E-state index in [2.05, 4.69) is 37.5 Å². The Kier molecular flexibility index (Phi) is 3.09. The highest BCUT2D eigenvalue weighted by atomic mass is 16.2. The Morgan fingerprint density at radius 1 is 1.24 bits per heavy atom. The van der Waals surface area contributed by atoms with Crippen molar-refractivity contribution in [2.45, 2.75) is 33.6 Å². The van der Waals surface area contributed by atoms with Crippen LogP contribution in [0.15, 0.2) is 18.2 Å². The lowest BCUT2D eigenvalue weighted by molar-refractivity contribution is -0.125. The minimum Gasteiger partial charge on any atom is -0.382 e. The van der Waals surface area contributed by atoms with Crippen molar-refractivity contribution in [2.75, 3.05) is 17.2 Å². The summed E-state index contributed by atoms with van der Waals surface area (Å²) in [5, 5.41) is 6.45. The average Bonchev–Trinajstić information content (AvgIpc) is 2.46. The zero-order valence-electron chi connectivity index (χ0n) is 10.8. The maximum absolute atomic E-state index is 12.3. The third-order valence-corrected chi connectivity index (χ3v) is 3.88. The Balaban J connectivity index is 2.37. The number of carbonyl (C=O) groups is 1. The summed E-state index contributed by atoms with van der Waals surface area (Å²) in [4.78, 5) is 12.3. The highest BCUT2D eigenvalue weighted by Gasteiger charge is 2.36. The molecule has 0 bridgehead atoms. The second kappa shape index (κ2) is 4.40. The molecule has 0 fully saturated rings. The summed E-state index contributed by atoms with van der Waals surface area (Å²) < 4.78 is 0. The topological polar surface area (TPSA) is 41.1 Å². The van der Waals surface area contributed by atoms with Crippen LogP contribution in [0, 0.1) is 12.3 Å². The van der Waals surface area contributed by atoms with Crippen LogP contribution in [0.25, 0.3) is 0 Å². The van der Waals surface area contributed by atoms with Gasteiger partial charge in [-0.15, -0.1) is 0 Å². The standard InChI is InChI=1S/C14H20N2O/c1-4-14(5-2)9-15-12-8-10(3)6-7-11(12)16-13(14)17/h6-8,15H,4-5,9H2,1-3H3,(H,16,17). The molecular weight excluding hydrogens is 212 g/mol. The summed E-state index contributed by atoms with van der Waals surface area (Å²) in [5.41, 5.74) is 2.84. The minimum absolute atomic E-state index is 0.137. The molecule has 1 amide bonds. The van der Waals surface area contributed by atoms with E-state index in [0.29, 0.717) is 6.54 Å². The van der Waals surface area contributed by atoms with Gasteiger partial charge in [0.05, 0.1) is 16.8 Å². The third kappa shape index (κ3) is 2.02. The number of hydrogen-bond acceptors (Lipinski definition) is 2. The molecule has 0 saturated heterocycles. The minimum atomic E-state index is -0.285. The Morgan fingerprint density at radius 2 is 1.94 bits per heavy atom. The van der Waals surface area contributed by atoms with Crippen molar-refractivity contribution < 1.29 is 4.79 Å². The molecule has 0 unspecified atom stereocenters. The number of carbonyl (C=O) groups excluding carboxylic acids is 1. The van der Waals surface area contributed by atoms with Gasteiger partial charge in [-0.25, -0.2) is 0 Å². The van der Waals surface area contributed by atoms with Gasteiger partial charge in [0.1, 0.15) is 0 Å². The fourth-order valence-corrected chi connectivity index (χ4v) is 2.33. The molecule has 1 heterocycles.